The van der Waals surface area contributed by atoms with Gasteiger partial charge in [-0.1, -0.05) is 56.7 Å². The van der Waals surface area contributed by atoms with Gasteiger partial charge in [0.05, 0.1) is 10.6 Å². The van der Waals surface area contributed by atoms with E-state index in [-0.39, 0.29) is 17.3 Å². The molecule has 3 aromatic carbocycles. The van der Waals surface area contributed by atoms with Crippen molar-refractivity contribution in [3.05, 3.63) is 95.3 Å². The fourth-order valence-electron chi connectivity index (χ4n) is 4.56. The number of nitrogens with zero attached hydrogens (tertiary/aromatic N) is 2. The van der Waals surface area contributed by atoms with Crippen molar-refractivity contribution in [2.24, 2.45) is 0 Å². The van der Waals surface area contributed by atoms with Crippen LogP contribution in [0.4, 0.5) is 10.1 Å². The largest absolute Gasteiger partial charge is 0.354 e. The zero-order chi connectivity index (χ0) is 29.3. The highest BCUT2D eigenvalue weighted by Gasteiger charge is 2.33. The SMILES string of the molecule is CCCCNC(=O)[C@H](CC)N(Cc1ccc(F)cc1)C(=O)CN(c1cc(C)cc(C)c1)S(=O)(=O)c1ccccc1. The van der Waals surface area contributed by atoms with E-state index in [0.29, 0.717) is 24.2 Å². The number of amides is 2. The fraction of sp³-hybridized carbons (Fsp3) is 0.355. The second-order valence-electron chi connectivity index (χ2n) is 9.89. The van der Waals surface area contributed by atoms with Gasteiger partial charge in [-0.3, -0.25) is 13.9 Å². The first-order valence-corrected chi connectivity index (χ1v) is 15.0. The molecule has 7 nitrogen and oxygen atoms in total. The number of halogens is 1. The molecule has 0 heterocycles. The first-order valence-electron chi connectivity index (χ1n) is 13.5. The third-order valence-electron chi connectivity index (χ3n) is 6.59. The number of carbonyl (C=O) groups is 2. The zero-order valence-electron chi connectivity index (χ0n) is 23.6. The Morgan fingerprint density at radius 3 is 2.12 bits per heavy atom. The van der Waals surface area contributed by atoms with E-state index < -0.39 is 34.3 Å². The van der Waals surface area contributed by atoms with E-state index >= 15 is 0 Å². The molecule has 1 atom stereocenters. The molecule has 40 heavy (non-hydrogen) atoms. The van der Waals surface area contributed by atoms with Crippen molar-refractivity contribution in [3.8, 4) is 0 Å². The number of hydrogen-bond donors (Lipinski definition) is 1. The lowest BCUT2D eigenvalue weighted by Gasteiger charge is -2.33. The van der Waals surface area contributed by atoms with Crippen LogP contribution in [0.25, 0.3) is 0 Å². The maximum Gasteiger partial charge on any atom is 0.264 e. The highest BCUT2D eigenvalue weighted by atomic mass is 32.2. The van der Waals surface area contributed by atoms with Crippen LogP contribution in [0.1, 0.15) is 49.8 Å². The van der Waals surface area contributed by atoms with Gasteiger partial charge in [-0.15, -0.1) is 0 Å². The minimum Gasteiger partial charge on any atom is -0.354 e. The van der Waals surface area contributed by atoms with Crippen molar-refractivity contribution in [3.63, 3.8) is 0 Å². The maximum atomic E-state index is 14.0. The number of sulfonamides is 1. The molecule has 0 saturated heterocycles. The highest BCUT2D eigenvalue weighted by molar-refractivity contribution is 7.92. The van der Waals surface area contributed by atoms with Gasteiger partial charge >= 0.3 is 0 Å². The van der Waals surface area contributed by atoms with Gasteiger partial charge in [-0.25, -0.2) is 12.8 Å². The van der Waals surface area contributed by atoms with E-state index in [2.05, 4.69) is 5.32 Å². The van der Waals surface area contributed by atoms with Crippen molar-refractivity contribution in [1.29, 1.82) is 0 Å². The van der Waals surface area contributed by atoms with Gasteiger partial charge in [0.2, 0.25) is 11.8 Å². The van der Waals surface area contributed by atoms with Gasteiger partial charge < -0.3 is 10.2 Å². The van der Waals surface area contributed by atoms with E-state index in [1.165, 1.54) is 29.2 Å². The minimum atomic E-state index is -4.13. The average Bonchev–Trinajstić information content (AvgIpc) is 2.92. The summed E-state index contributed by atoms with van der Waals surface area (Å²) in [4.78, 5) is 28.7. The van der Waals surface area contributed by atoms with E-state index in [9.17, 15) is 22.4 Å². The van der Waals surface area contributed by atoms with E-state index in [1.54, 1.807) is 49.4 Å². The third-order valence-corrected chi connectivity index (χ3v) is 8.37. The summed E-state index contributed by atoms with van der Waals surface area (Å²) in [5, 5.41) is 2.90. The second kappa shape index (κ2) is 14.1. The number of carbonyl (C=O) groups excluding carboxylic acids is 2. The molecule has 0 saturated carbocycles. The molecule has 0 bridgehead atoms. The summed E-state index contributed by atoms with van der Waals surface area (Å²) in [7, 11) is -4.13. The fourth-order valence-corrected chi connectivity index (χ4v) is 5.97. The quantitative estimate of drug-likeness (QED) is 0.282. The van der Waals surface area contributed by atoms with Crippen LogP contribution < -0.4 is 9.62 Å². The molecule has 0 aromatic heterocycles. The van der Waals surface area contributed by atoms with Crippen LogP contribution >= 0.6 is 0 Å². The lowest BCUT2D eigenvalue weighted by atomic mass is 10.1. The Kier molecular flexibility index (Phi) is 10.8. The lowest BCUT2D eigenvalue weighted by molar-refractivity contribution is -0.140. The van der Waals surface area contributed by atoms with Crippen LogP contribution in [0, 0.1) is 19.7 Å². The Hall–Kier alpha value is -3.72. The first-order chi connectivity index (χ1) is 19.1. The lowest BCUT2D eigenvalue weighted by Crippen LogP contribution is -2.52. The van der Waals surface area contributed by atoms with Gasteiger partial charge in [0.25, 0.3) is 10.0 Å². The van der Waals surface area contributed by atoms with Gasteiger partial charge in [-0.2, -0.15) is 0 Å². The highest BCUT2D eigenvalue weighted by Crippen LogP contribution is 2.27. The Labute approximate surface area is 237 Å². The number of nitrogens with one attached hydrogen (secondary N) is 1. The standard InChI is InChI=1S/C31H38FN3O4S/c1-5-7-17-33-31(37)29(6-2)34(21-25-13-15-26(32)16-14-25)30(36)22-35(27-19-23(3)18-24(4)20-27)40(38,39)28-11-9-8-10-12-28/h8-16,18-20,29H,5-7,17,21-22H2,1-4H3,(H,33,37)/t29-/m0/s1. The summed E-state index contributed by atoms with van der Waals surface area (Å²) in [5.74, 6) is -1.27. The first kappa shape index (κ1) is 30.8. The summed E-state index contributed by atoms with van der Waals surface area (Å²) in [5.41, 5.74) is 2.68. The predicted molar refractivity (Wildman–Crippen MR) is 156 cm³/mol. The summed E-state index contributed by atoms with van der Waals surface area (Å²) in [6.45, 7) is 7.52. The summed E-state index contributed by atoms with van der Waals surface area (Å²) < 4.78 is 42.5. The molecule has 0 radical (unpaired) electrons. The van der Waals surface area contributed by atoms with E-state index in [4.69, 9.17) is 0 Å². The summed E-state index contributed by atoms with van der Waals surface area (Å²) in [6.07, 6.45) is 2.02. The van der Waals surface area contributed by atoms with E-state index in [0.717, 1.165) is 28.3 Å². The Morgan fingerprint density at radius 2 is 1.55 bits per heavy atom. The number of rotatable bonds is 13. The predicted octanol–water partition coefficient (Wildman–Crippen LogP) is 5.36. The molecule has 0 unspecified atom stereocenters. The molecule has 9 heteroatoms. The number of unbranched alkanes of at least 4 members (excludes halogenated alkanes) is 1. The molecule has 0 aliphatic rings. The van der Waals surface area contributed by atoms with E-state index in [1.807, 2.05) is 26.8 Å². The van der Waals surface area contributed by atoms with Crippen molar-refractivity contribution < 1.29 is 22.4 Å². The second-order valence-corrected chi connectivity index (χ2v) is 11.7. The molecule has 0 spiro atoms. The van der Waals surface area contributed by atoms with Crippen LogP contribution in [0.15, 0.2) is 77.7 Å². The van der Waals surface area contributed by atoms with Crippen LogP contribution in [0.5, 0.6) is 0 Å². The average molecular weight is 568 g/mol. The monoisotopic (exact) mass is 567 g/mol. The van der Waals surface area contributed by atoms with Gasteiger partial charge in [0, 0.05) is 13.1 Å². The van der Waals surface area contributed by atoms with Crippen LogP contribution in [0.3, 0.4) is 0 Å². The molecule has 214 valence electrons. The Balaban J connectivity index is 2.05. The van der Waals surface area contributed by atoms with Crippen LogP contribution in [0.2, 0.25) is 0 Å². The number of benzene rings is 3. The molecule has 2 amide bonds. The number of aryl methyl sites for hydroxylation is 2. The summed E-state index contributed by atoms with van der Waals surface area (Å²) in [6, 6.07) is 18.2. The normalized spacial score (nSPS) is 12.0. The third kappa shape index (κ3) is 7.91. The molecule has 0 aliphatic carbocycles. The molecule has 1 N–H and O–H groups in total. The summed E-state index contributed by atoms with van der Waals surface area (Å²) >= 11 is 0. The zero-order valence-corrected chi connectivity index (χ0v) is 24.4. The van der Waals surface area contributed by atoms with Gasteiger partial charge in [0.15, 0.2) is 0 Å². The van der Waals surface area contributed by atoms with Crippen LogP contribution in [-0.2, 0) is 26.2 Å². The Bertz CT molecular complexity index is 1380. The molecular weight excluding hydrogens is 529 g/mol. The van der Waals surface area contributed by atoms with Crippen molar-refractivity contribution in [1.82, 2.24) is 10.2 Å². The maximum absolute atomic E-state index is 14.0. The van der Waals surface area contributed by atoms with Crippen molar-refractivity contribution >= 4 is 27.5 Å². The smallest absolute Gasteiger partial charge is 0.264 e. The Morgan fingerprint density at radius 1 is 0.925 bits per heavy atom. The molecular formula is C31H38FN3O4S. The molecule has 3 aromatic rings. The van der Waals surface area contributed by atoms with Crippen molar-refractivity contribution in [2.75, 3.05) is 17.4 Å². The minimum absolute atomic E-state index is 0.0187. The molecule has 0 aliphatic heterocycles. The number of hydrogen-bond acceptors (Lipinski definition) is 4. The number of anilines is 1. The topological polar surface area (TPSA) is 86.8 Å². The molecule has 0 fully saturated rings. The van der Waals surface area contributed by atoms with Gasteiger partial charge in [-0.05, 0) is 79.8 Å². The van der Waals surface area contributed by atoms with Crippen LogP contribution in [-0.4, -0.2) is 44.3 Å². The van der Waals surface area contributed by atoms with Gasteiger partial charge in [0.1, 0.15) is 18.4 Å². The van der Waals surface area contributed by atoms with Crippen molar-refractivity contribution in [2.45, 2.75) is 64.4 Å². The molecule has 3 rings (SSSR count).